The second kappa shape index (κ2) is 5.72. The van der Waals surface area contributed by atoms with Crippen LogP contribution in [0.1, 0.15) is 17.2 Å². The Bertz CT molecular complexity index is 685. The maximum absolute atomic E-state index is 11.6. The molecule has 0 fully saturated rings. The van der Waals surface area contributed by atoms with Crippen molar-refractivity contribution in [2.45, 2.75) is 32.6 Å². The molecule has 3 rings (SSSR count). The van der Waals surface area contributed by atoms with Gasteiger partial charge in [-0.2, -0.15) is 0 Å². The Morgan fingerprint density at radius 1 is 1.48 bits per heavy atom. The molecule has 1 aliphatic rings. The van der Waals surface area contributed by atoms with Crippen LogP contribution in [0.4, 0.5) is 0 Å². The van der Waals surface area contributed by atoms with Gasteiger partial charge in [0.05, 0.1) is 13.1 Å². The summed E-state index contributed by atoms with van der Waals surface area (Å²) in [7, 11) is 0. The molecule has 1 aromatic heterocycles. The maximum atomic E-state index is 11.6. The highest BCUT2D eigenvalue weighted by Crippen LogP contribution is 2.21. The normalized spacial score (nSPS) is 18.5. The summed E-state index contributed by atoms with van der Waals surface area (Å²) in [5.41, 5.74) is 1.11. The average Bonchev–Trinajstić information content (AvgIpc) is 2.79. The molecule has 1 aromatic carbocycles. The monoisotopic (exact) mass is 398 g/mol. The predicted molar refractivity (Wildman–Crippen MR) is 84.6 cm³/mol. The fourth-order valence-corrected chi connectivity index (χ4v) is 3.24. The minimum absolute atomic E-state index is 0.396. The lowest BCUT2D eigenvalue weighted by atomic mass is 10.1. The minimum Gasteiger partial charge on any atom is -0.480 e. The quantitative estimate of drug-likeness (QED) is 0.797. The largest absolute Gasteiger partial charge is 0.480 e. The van der Waals surface area contributed by atoms with Crippen LogP contribution < -0.4 is 0 Å². The average molecular weight is 398 g/mol. The van der Waals surface area contributed by atoms with E-state index in [-0.39, 0.29) is 0 Å². The fourth-order valence-electron chi connectivity index (χ4n) is 2.63. The zero-order valence-electron chi connectivity index (χ0n) is 11.5. The number of aliphatic carboxylic acids is 1. The van der Waals surface area contributed by atoms with Gasteiger partial charge in [-0.25, -0.2) is 0 Å². The van der Waals surface area contributed by atoms with Gasteiger partial charge in [0.2, 0.25) is 0 Å². The number of carboxylic acids is 1. The molecular weight excluding hydrogens is 383 g/mol. The van der Waals surface area contributed by atoms with Gasteiger partial charge < -0.3 is 9.67 Å². The molecule has 7 heteroatoms. The number of nitrogens with zero attached hydrogens (tertiary/aromatic N) is 4. The fraction of sp³-hybridized carbons (Fsp3) is 0.357. The molecule has 110 valence electrons. The van der Waals surface area contributed by atoms with Crippen molar-refractivity contribution in [3.05, 3.63) is 45.0 Å². The molecular formula is C14H15IN4O2. The van der Waals surface area contributed by atoms with Crippen molar-refractivity contribution >= 4 is 28.6 Å². The Morgan fingerprint density at radius 3 is 3.00 bits per heavy atom. The van der Waals surface area contributed by atoms with E-state index in [0.717, 1.165) is 20.8 Å². The predicted octanol–water partition coefficient (Wildman–Crippen LogP) is 1.66. The van der Waals surface area contributed by atoms with E-state index in [1.54, 1.807) is 0 Å². The van der Waals surface area contributed by atoms with E-state index in [0.29, 0.717) is 19.6 Å². The number of benzene rings is 1. The highest BCUT2D eigenvalue weighted by atomic mass is 127. The molecule has 0 spiro atoms. The topological polar surface area (TPSA) is 71.2 Å². The van der Waals surface area contributed by atoms with E-state index < -0.39 is 12.0 Å². The summed E-state index contributed by atoms with van der Waals surface area (Å²) >= 11 is 2.26. The number of hydrogen-bond acceptors (Lipinski definition) is 4. The Balaban J connectivity index is 1.87. The standard InChI is InChI=1S/C14H15IN4O2/c1-9-16-17-13-8-18(12(14(20)21)7-19(9)13)6-10-3-2-4-11(15)5-10/h2-5,12H,6-8H2,1H3,(H,20,21). The van der Waals surface area contributed by atoms with Gasteiger partial charge in [0.25, 0.3) is 0 Å². The van der Waals surface area contributed by atoms with Crippen LogP contribution in [0.15, 0.2) is 24.3 Å². The van der Waals surface area contributed by atoms with Crippen molar-refractivity contribution in [1.82, 2.24) is 19.7 Å². The van der Waals surface area contributed by atoms with Crippen LogP contribution in [-0.4, -0.2) is 36.8 Å². The lowest BCUT2D eigenvalue weighted by molar-refractivity contribution is -0.145. The van der Waals surface area contributed by atoms with Crippen molar-refractivity contribution in [2.24, 2.45) is 0 Å². The summed E-state index contributed by atoms with van der Waals surface area (Å²) in [5, 5.41) is 17.7. The first-order valence-electron chi connectivity index (χ1n) is 6.64. The Morgan fingerprint density at radius 2 is 2.29 bits per heavy atom. The summed E-state index contributed by atoms with van der Waals surface area (Å²) in [5.74, 6) is 0.792. The third-order valence-electron chi connectivity index (χ3n) is 3.71. The van der Waals surface area contributed by atoms with Crippen molar-refractivity contribution in [3.8, 4) is 0 Å². The number of aromatic nitrogens is 3. The van der Waals surface area contributed by atoms with Crippen LogP contribution >= 0.6 is 22.6 Å². The molecule has 2 aromatic rings. The second-order valence-electron chi connectivity index (χ2n) is 5.16. The molecule has 0 saturated carbocycles. The van der Waals surface area contributed by atoms with E-state index in [9.17, 15) is 9.90 Å². The first-order chi connectivity index (χ1) is 10.0. The number of carboxylic acid groups (broad SMARTS) is 1. The summed E-state index contributed by atoms with van der Waals surface area (Å²) in [6.45, 7) is 3.35. The van der Waals surface area contributed by atoms with E-state index in [1.165, 1.54) is 0 Å². The van der Waals surface area contributed by atoms with Crippen LogP contribution in [0.5, 0.6) is 0 Å². The Hall–Kier alpha value is -1.48. The van der Waals surface area contributed by atoms with Gasteiger partial charge in [0.15, 0.2) is 0 Å². The molecule has 0 amide bonds. The number of carbonyl (C=O) groups is 1. The smallest absolute Gasteiger partial charge is 0.322 e. The molecule has 0 aliphatic carbocycles. The van der Waals surface area contributed by atoms with Crippen molar-refractivity contribution in [2.75, 3.05) is 0 Å². The van der Waals surface area contributed by atoms with Crippen molar-refractivity contribution in [3.63, 3.8) is 0 Å². The maximum Gasteiger partial charge on any atom is 0.322 e. The van der Waals surface area contributed by atoms with Gasteiger partial charge >= 0.3 is 5.97 Å². The van der Waals surface area contributed by atoms with E-state index >= 15 is 0 Å². The number of hydrogen-bond donors (Lipinski definition) is 1. The summed E-state index contributed by atoms with van der Waals surface area (Å²) in [4.78, 5) is 13.5. The summed E-state index contributed by atoms with van der Waals surface area (Å²) in [6.07, 6.45) is 0. The van der Waals surface area contributed by atoms with E-state index in [4.69, 9.17) is 0 Å². The molecule has 1 N–H and O–H groups in total. The van der Waals surface area contributed by atoms with Crippen molar-refractivity contribution in [1.29, 1.82) is 0 Å². The molecule has 1 aliphatic heterocycles. The van der Waals surface area contributed by atoms with Gasteiger partial charge in [-0.3, -0.25) is 9.69 Å². The zero-order chi connectivity index (χ0) is 15.0. The summed E-state index contributed by atoms with van der Waals surface area (Å²) < 4.78 is 3.04. The zero-order valence-corrected chi connectivity index (χ0v) is 13.7. The molecule has 0 saturated heterocycles. The van der Waals surface area contributed by atoms with Crippen LogP contribution in [0.3, 0.4) is 0 Å². The molecule has 6 nitrogen and oxygen atoms in total. The third-order valence-corrected chi connectivity index (χ3v) is 4.38. The minimum atomic E-state index is -0.806. The third kappa shape index (κ3) is 2.93. The van der Waals surface area contributed by atoms with Crippen LogP contribution in [-0.2, 0) is 24.4 Å². The highest BCUT2D eigenvalue weighted by molar-refractivity contribution is 14.1. The van der Waals surface area contributed by atoms with Crippen LogP contribution in [0.25, 0.3) is 0 Å². The van der Waals surface area contributed by atoms with E-state index in [2.05, 4.69) is 38.9 Å². The van der Waals surface area contributed by atoms with Crippen LogP contribution in [0.2, 0.25) is 0 Å². The number of fused-ring (bicyclic) bond motifs is 1. The number of halogens is 1. The number of rotatable bonds is 3. The first kappa shape index (κ1) is 14.5. The van der Waals surface area contributed by atoms with Gasteiger partial charge in [-0.15, -0.1) is 10.2 Å². The van der Waals surface area contributed by atoms with Gasteiger partial charge in [-0.1, -0.05) is 12.1 Å². The van der Waals surface area contributed by atoms with E-state index in [1.807, 2.05) is 34.6 Å². The molecule has 2 heterocycles. The molecule has 0 radical (unpaired) electrons. The van der Waals surface area contributed by atoms with Crippen molar-refractivity contribution < 1.29 is 9.90 Å². The lowest BCUT2D eigenvalue weighted by Crippen LogP contribution is -2.47. The molecule has 0 bridgehead atoms. The SMILES string of the molecule is Cc1nnc2n1CC(C(=O)O)N(Cc1cccc(I)c1)C2. The molecule has 1 unspecified atom stereocenters. The lowest BCUT2D eigenvalue weighted by Gasteiger charge is -2.33. The Labute approximate surface area is 135 Å². The highest BCUT2D eigenvalue weighted by Gasteiger charge is 2.33. The Kier molecular flexibility index (Phi) is 3.94. The first-order valence-corrected chi connectivity index (χ1v) is 7.72. The van der Waals surface area contributed by atoms with Crippen LogP contribution in [0, 0.1) is 10.5 Å². The number of aryl methyl sites for hydroxylation is 1. The second-order valence-corrected chi connectivity index (χ2v) is 6.41. The van der Waals surface area contributed by atoms with Gasteiger partial charge in [0, 0.05) is 10.1 Å². The molecule has 1 atom stereocenters. The van der Waals surface area contributed by atoms with Gasteiger partial charge in [0.1, 0.15) is 17.7 Å². The molecule has 21 heavy (non-hydrogen) atoms. The van der Waals surface area contributed by atoms with Gasteiger partial charge in [-0.05, 0) is 47.2 Å². The summed E-state index contributed by atoms with van der Waals surface area (Å²) in [6, 6.07) is 7.55.